The van der Waals surface area contributed by atoms with Gasteiger partial charge in [0, 0.05) is 4.88 Å². The first-order valence-corrected chi connectivity index (χ1v) is 7.78. The van der Waals surface area contributed by atoms with Gasteiger partial charge in [-0.3, -0.25) is 0 Å². The molecule has 19 heavy (non-hydrogen) atoms. The Hall–Kier alpha value is -1.20. The molecule has 0 radical (unpaired) electrons. The van der Waals surface area contributed by atoms with Gasteiger partial charge in [-0.2, -0.15) is 0 Å². The Kier molecular flexibility index (Phi) is 3.66. The summed E-state index contributed by atoms with van der Waals surface area (Å²) in [6, 6.07) is 2.34. The maximum Gasteiger partial charge on any atom is 0.257 e. The summed E-state index contributed by atoms with van der Waals surface area (Å²) in [6.45, 7) is 5.01. The zero-order valence-corrected chi connectivity index (χ0v) is 12.2. The molecule has 5 heteroatoms. The Morgan fingerprint density at radius 3 is 3.00 bits per heavy atom. The Bertz CT molecular complexity index is 537. The predicted octanol–water partition coefficient (Wildman–Crippen LogP) is 3.35. The summed E-state index contributed by atoms with van der Waals surface area (Å²) in [4.78, 5) is 2.62. The van der Waals surface area contributed by atoms with E-state index in [-0.39, 0.29) is 6.04 Å². The number of nitrogens with zero attached hydrogens (tertiary/aromatic N) is 2. The molecule has 1 unspecified atom stereocenters. The Morgan fingerprint density at radius 2 is 2.21 bits per heavy atom. The van der Waals surface area contributed by atoms with E-state index in [0.29, 0.717) is 11.8 Å². The lowest BCUT2D eigenvalue weighted by atomic mass is 9.99. The molecule has 102 valence electrons. The van der Waals surface area contributed by atoms with E-state index in [2.05, 4.69) is 28.5 Å². The monoisotopic (exact) mass is 277 g/mol. The fourth-order valence-electron chi connectivity index (χ4n) is 2.50. The molecule has 1 aliphatic rings. The van der Waals surface area contributed by atoms with Crippen LogP contribution in [-0.4, -0.2) is 16.7 Å². The fourth-order valence-corrected chi connectivity index (χ4v) is 3.67. The molecule has 0 fully saturated rings. The minimum Gasteiger partial charge on any atom is -0.418 e. The summed E-state index contributed by atoms with van der Waals surface area (Å²) in [5.41, 5.74) is 1.48. The second-order valence-corrected chi connectivity index (χ2v) is 6.13. The van der Waals surface area contributed by atoms with Crippen molar-refractivity contribution >= 4 is 11.3 Å². The molecule has 0 aromatic carbocycles. The van der Waals surface area contributed by atoms with Crippen molar-refractivity contribution in [2.45, 2.75) is 45.6 Å². The molecule has 0 spiro atoms. The number of fused-ring (bicyclic) bond motifs is 1. The third-order valence-electron chi connectivity index (χ3n) is 3.53. The van der Waals surface area contributed by atoms with Gasteiger partial charge < -0.3 is 9.73 Å². The number of aromatic nitrogens is 2. The highest BCUT2D eigenvalue weighted by Gasteiger charge is 2.19. The van der Waals surface area contributed by atoms with Crippen LogP contribution in [0.5, 0.6) is 0 Å². The highest BCUT2D eigenvalue weighted by Crippen LogP contribution is 2.35. The molecule has 1 atom stereocenters. The van der Waals surface area contributed by atoms with Crippen LogP contribution in [0, 0.1) is 0 Å². The molecule has 0 saturated carbocycles. The standard InChI is InChI=1S/C14H19N3OS/c1-3-15-9(2)13-16-17-14(18-13)12-8-10-6-4-5-7-11(10)19-12/h8-9,15H,3-7H2,1-2H3. The number of hydrogen-bond acceptors (Lipinski definition) is 5. The zero-order chi connectivity index (χ0) is 13.2. The average Bonchev–Trinajstić information content (AvgIpc) is 3.05. The van der Waals surface area contributed by atoms with Gasteiger partial charge in [0.2, 0.25) is 5.89 Å². The summed E-state index contributed by atoms with van der Waals surface area (Å²) in [6.07, 6.45) is 5.00. The maximum atomic E-state index is 5.79. The van der Waals surface area contributed by atoms with Crippen LogP contribution in [0.2, 0.25) is 0 Å². The molecule has 0 bridgehead atoms. The third kappa shape index (κ3) is 2.58. The van der Waals surface area contributed by atoms with E-state index in [0.717, 1.165) is 11.4 Å². The van der Waals surface area contributed by atoms with E-state index in [9.17, 15) is 0 Å². The molecule has 2 aromatic rings. The summed E-state index contributed by atoms with van der Waals surface area (Å²) in [7, 11) is 0. The predicted molar refractivity (Wildman–Crippen MR) is 76.3 cm³/mol. The summed E-state index contributed by atoms with van der Waals surface area (Å²) in [5, 5.41) is 11.6. The average molecular weight is 277 g/mol. The largest absolute Gasteiger partial charge is 0.418 e. The van der Waals surface area contributed by atoms with Gasteiger partial charge in [0.15, 0.2) is 0 Å². The van der Waals surface area contributed by atoms with E-state index in [1.165, 1.54) is 36.1 Å². The fraction of sp³-hybridized carbons (Fsp3) is 0.571. The highest BCUT2D eigenvalue weighted by atomic mass is 32.1. The second kappa shape index (κ2) is 5.43. The zero-order valence-electron chi connectivity index (χ0n) is 11.4. The van der Waals surface area contributed by atoms with E-state index in [1.807, 2.05) is 18.3 Å². The highest BCUT2D eigenvalue weighted by molar-refractivity contribution is 7.15. The third-order valence-corrected chi connectivity index (χ3v) is 4.75. The van der Waals surface area contributed by atoms with E-state index in [4.69, 9.17) is 4.42 Å². The molecule has 2 aromatic heterocycles. The topological polar surface area (TPSA) is 51.0 Å². The van der Waals surface area contributed by atoms with Crippen molar-refractivity contribution in [3.8, 4) is 10.8 Å². The summed E-state index contributed by atoms with van der Waals surface area (Å²) < 4.78 is 5.79. The van der Waals surface area contributed by atoms with Crippen LogP contribution >= 0.6 is 11.3 Å². The quantitative estimate of drug-likeness (QED) is 0.931. The lowest BCUT2D eigenvalue weighted by Crippen LogP contribution is -2.17. The molecule has 0 aliphatic heterocycles. The number of nitrogens with one attached hydrogen (secondary N) is 1. The van der Waals surface area contributed by atoms with Crippen LogP contribution in [0.15, 0.2) is 10.5 Å². The second-order valence-electron chi connectivity index (χ2n) is 4.99. The summed E-state index contributed by atoms with van der Waals surface area (Å²) >= 11 is 1.81. The number of rotatable bonds is 4. The van der Waals surface area contributed by atoms with Crippen LogP contribution < -0.4 is 5.32 Å². The van der Waals surface area contributed by atoms with Gasteiger partial charge in [0.1, 0.15) is 0 Å². The number of aryl methyl sites for hydroxylation is 2. The molecule has 1 aliphatic carbocycles. The van der Waals surface area contributed by atoms with Crippen LogP contribution in [0.1, 0.15) is 49.1 Å². The number of thiophene rings is 1. The molecule has 0 saturated heterocycles. The van der Waals surface area contributed by atoms with Gasteiger partial charge in [-0.25, -0.2) is 0 Å². The van der Waals surface area contributed by atoms with Gasteiger partial charge in [0.05, 0.1) is 10.9 Å². The minimum atomic E-state index is 0.112. The van der Waals surface area contributed by atoms with Crippen molar-refractivity contribution < 1.29 is 4.42 Å². The first kappa shape index (κ1) is 12.8. The number of hydrogen-bond donors (Lipinski definition) is 1. The molecule has 3 rings (SSSR count). The van der Waals surface area contributed by atoms with Gasteiger partial charge >= 0.3 is 0 Å². The van der Waals surface area contributed by atoms with Gasteiger partial charge in [-0.05, 0) is 50.8 Å². The van der Waals surface area contributed by atoms with Crippen LogP contribution in [0.4, 0.5) is 0 Å². The van der Waals surface area contributed by atoms with Gasteiger partial charge in [-0.1, -0.05) is 6.92 Å². The van der Waals surface area contributed by atoms with Gasteiger partial charge in [-0.15, -0.1) is 21.5 Å². The van der Waals surface area contributed by atoms with Crippen molar-refractivity contribution in [3.05, 3.63) is 22.4 Å². The molecular formula is C14H19N3OS. The minimum absolute atomic E-state index is 0.112. The van der Waals surface area contributed by atoms with Crippen LogP contribution in [-0.2, 0) is 12.8 Å². The lowest BCUT2D eigenvalue weighted by molar-refractivity contribution is 0.429. The maximum absolute atomic E-state index is 5.79. The van der Waals surface area contributed by atoms with E-state index < -0.39 is 0 Å². The van der Waals surface area contributed by atoms with Crippen LogP contribution in [0.3, 0.4) is 0 Å². The molecule has 0 amide bonds. The van der Waals surface area contributed by atoms with E-state index in [1.54, 1.807) is 0 Å². The first-order valence-electron chi connectivity index (χ1n) is 6.96. The molecule has 1 N–H and O–H groups in total. The van der Waals surface area contributed by atoms with Crippen molar-refractivity contribution in [3.63, 3.8) is 0 Å². The van der Waals surface area contributed by atoms with Gasteiger partial charge in [0.25, 0.3) is 5.89 Å². The smallest absolute Gasteiger partial charge is 0.257 e. The van der Waals surface area contributed by atoms with Crippen molar-refractivity contribution in [2.75, 3.05) is 6.54 Å². The Morgan fingerprint density at radius 1 is 1.37 bits per heavy atom. The molecule has 2 heterocycles. The Balaban J connectivity index is 1.84. The lowest BCUT2D eigenvalue weighted by Gasteiger charge is -2.08. The normalized spacial score (nSPS) is 16.3. The van der Waals surface area contributed by atoms with Crippen LogP contribution in [0.25, 0.3) is 10.8 Å². The van der Waals surface area contributed by atoms with Crippen molar-refractivity contribution in [1.29, 1.82) is 0 Å². The molecule has 4 nitrogen and oxygen atoms in total. The Labute approximate surface area is 117 Å². The SMILES string of the molecule is CCNC(C)c1nnc(-c2cc3c(s2)CCCC3)o1. The van der Waals surface area contributed by atoms with Crippen molar-refractivity contribution in [2.24, 2.45) is 0 Å². The molecular weight excluding hydrogens is 258 g/mol. The summed E-state index contributed by atoms with van der Waals surface area (Å²) in [5.74, 6) is 1.34. The van der Waals surface area contributed by atoms with E-state index >= 15 is 0 Å². The first-order chi connectivity index (χ1) is 9.28. The van der Waals surface area contributed by atoms with Crippen molar-refractivity contribution in [1.82, 2.24) is 15.5 Å².